The number of halogens is 7. The number of methoxy groups -OCH3 is 1. The van der Waals surface area contributed by atoms with Crippen LogP contribution in [0.5, 0.6) is 5.88 Å². The van der Waals surface area contributed by atoms with E-state index in [2.05, 4.69) is 59.7 Å². The average Bonchev–Trinajstić information content (AvgIpc) is 3.83. The monoisotopic (exact) mass is 1190 g/mol. The van der Waals surface area contributed by atoms with Crippen molar-refractivity contribution in [3.8, 4) is 17.1 Å². The summed E-state index contributed by atoms with van der Waals surface area (Å²) < 4.78 is 99.4. The number of quaternary nitrogens is 1. The van der Waals surface area contributed by atoms with Gasteiger partial charge in [-0.1, -0.05) is 19.3 Å². The number of aryl methyl sites for hydroxylation is 1. The molecule has 0 amide bonds. The first-order valence-electron chi connectivity index (χ1n) is 28.3. The molecule has 2 N–H and O–H groups in total. The van der Waals surface area contributed by atoms with Gasteiger partial charge in [-0.15, -0.1) is 22.9 Å². The summed E-state index contributed by atoms with van der Waals surface area (Å²) in [6.45, 7) is 19.4. The minimum atomic E-state index is -3.56. The minimum absolute atomic E-state index is 0. The van der Waals surface area contributed by atoms with Crippen molar-refractivity contribution in [2.75, 3.05) is 127 Å². The van der Waals surface area contributed by atoms with E-state index in [-0.39, 0.29) is 67.7 Å². The van der Waals surface area contributed by atoms with E-state index in [4.69, 9.17) is 19.4 Å². The van der Waals surface area contributed by atoms with Gasteiger partial charge in [0.2, 0.25) is 21.9 Å². The standard InChI is InChI=1S/C29H40FN7O4S2.C12H23FN2.C11H20FN.CH2BClF2.FH.K/c1-19-23(18-35-8-6-22(7-9-35)36-10-4-21(30)5-11-36)26-27(42-19)25(32-29(33-26)37-12-14-41-15-13-37)20-16-24(34-43(3,38)39)28(40-2)31-17-20;1-2-14-7-5-12(6-8-14)15-9-3-11(13)4-10-15;12-10-6-8-13(9-7-10)11-4-2-1-3-5-11;3-1-2(4)5;;/h16-17,21-22,34H,4-15,18H2,1-3H3;11-12H,2-10H2,1H3;10-11H,1-9H2;1H2;1H;/q;;;;;+1. The smallest absolute Gasteiger partial charge is 1.00 e. The number of morpholine rings is 1. The number of anilines is 2. The number of ether oxygens (including phenoxy) is 2. The molecule has 0 radical (unpaired) electrons. The molecule has 6 aliphatic heterocycles. The first-order chi connectivity index (χ1) is 36.6. The van der Waals surface area contributed by atoms with E-state index in [0.29, 0.717) is 62.4 Å². The third-order valence-electron chi connectivity index (χ3n) is 16.4. The topological polar surface area (TPSA) is 124 Å². The van der Waals surface area contributed by atoms with Gasteiger partial charge in [0.05, 0.1) is 67.9 Å². The second-order valence-electron chi connectivity index (χ2n) is 21.8. The number of thiophene rings is 1. The van der Waals surface area contributed by atoms with E-state index < -0.39 is 41.6 Å². The number of hydrogen-bond acceptors (Lipinski definition) is 13. The predicted octanol–water partition coefficient (Wildman–Crippen LogP) is 2.12. The summed E-state index contributed by atoms with van der Waals surface area (Å²) in [5, 5.41) is 0. The molecular formula is C53H86BClF6KN10O4S2+. The molecule has 0 spiro atoms. The van der Waals surface area contributed by atoms with Crippen molar-refractivity contribution in [2.24, 2.45) is 0 Å². The summed E-state index contributed by atoms with van der Waals surface area (Å²) in [6.07, 6.45) is 17.2. The van der Waals surface area contributed by atoms with Gasteiger partial charge in [0.25, 0.3) is 0 Å². The second-order valence-corrected chi connectivity index (χ2v) is 25.0. The third-order valence-corrected chi connectivity index (χ3v) is 18.4. The molecular weight excluding hydrogens is 1100 g/mol. The summed E-state index contributed by atoms with van der Waals surface area (Å²) in [6, 6.07) is 3.81. The molecule has 3 aromatic rings. The number of aromatic nitrogens is 3. The molecule has 7 aliphatic rings. The quantitative estimate of drug-likeness (QED) is 0.157. The number of rotatable bonds is 12. The van der Waals surface area contributed by atoms with Crippen molar-refractivity contribution in [1.29, 1.82) is 0 Å². The number of likely N-dealkylation sites (tertiary alicyclic amines) is 5. The van der Waals surface area contributed by atoms with E-state index in [1.807, 2.05) is 0 Å². The van der Waals surface area contributed by atoms with Gasteiger partial charge < -0.3 is 33.8 Å². The molecule has 78 heavy (non-hydrogen) atoms. The summed E-state index contributed by atoms with van der Waals surface area (Å²) >= 11 is 6.25. The van der Waals surface area contributed by atoms with Crippen LogP contribution < -0.4 is 75.3 Å². The van der Waals surface area contributed by atoms with Crippen molar-refractivity contribution in [3.05, 3.63) is 22.7 Å². The van der Waals surface area contributed by atoms with Gasteiger partial charge in [-0.3, -0.25) is 23.2 Å². The summed E-state index contributed by atoms with van der Waals surface area (Å²) in [5.74, 6) is 0.265. The predicted molar refractivity (Wildman–Crippen MR) is 299 cm³/mol. The maximum atomic E-state index is 13.7. The van der Waals surface area contributed by atoms with E-state index in [1.165, 1.54) is 82.1 Å². The number of hydrogen-bond donors (Lipinski definition) is 2. The second kappa shape index (κ2) is 34.0. The third kappa shape index (κ3) is 20.6. The number of sulfonamides is 1. The number of nitrogens with one attached hydrogen (secondary N) is 2. The number of alkyl halides is 4. The Labute approximate surface area is 513 Å². The van der Waals surface area contributed by atoms with Crippen LogP contribution >= 0.6 is 22.9 Å². The maximum Gasteiger partial charge on any atom is 1.00 e. The fourth-order valence-electron chi connectivity index (χ4n) is 12.0. The summed E-state index contributed by atoms with van der Waals surface area (Å²) in [4.78, 5) is 29.7. The molecule has 0 unspecified atom stereocenters. The molecule has 3 aromatic heterocycles. The molecule has 0 aromatic carbocycles. The van der Waals surface area contributed by atoms with Gasteiger partial charge in [-0.25, -0.2) is 36.5 Å². The molecule has 0 bridgehead atoms. The molecule has 25 heteroatoms. The zero-order chi connectivity index (χ0) is 54.2. The van der Waals surface area contributed by atoms with Gasteiger partial charge in [-0.05, 0) is 97.2 Å². The molecule has 6 saturated heterocycles. The van der Waals surface area contributed by atoms with E-state index >= 15 is 0 Å². The van der Waals surface area contributed by atoms with Crippen LogP contribution in [0.25, 0.3) is 21.5 Å². The first kappa shape index (κ1) is 67.7. The Bertz CT molecular complexity index is 2320. The molecule has 1 aliphatic carbocycles. The first-order valence-corrected chi connectivity index (χ1v) is 31.5. The van der Waals surface area contributed by atoms with Gasteiger partial charge >= 0.3 is 58.7 Å². The average molecular weight is 1190 g/mol. The summed E-state index contributed by atoms with van der Waals surface area (Å²) in [7, 11) is -4.45. The van der Waals surface area contributed by atoms with Gasteiger partial charge in [0.1, 0.15) is 24.2 Å². The Morgan fingerprint density at radius 3 is 1.76 bits per heavy atom. The van der Waals surface area contributed by atoms with E-state index in [1.54, 1.807) is 28.5 Å². The van der Waals surface area contributed by atoms with Crippen LogP contribution in [0.2, 0.25) is 0 Å². The fraction of sp³-hybridized carbons (Fsp3) is 0.792. The molecule has 436 valence electrons. The molecule has 1 saturated carbocycles. The van der Waals surface area contributed by atoms with Crippen LogP contribution in [-0.2, 0) is 21.3 Å². The van der Waals surface area contributed by atoms with Gasteiger partial charge in [0, 0.05) is 112 Å². The van der Waals surface area contributed by atoms with Gasteiger partial charge in [-0.2, -0.15) is 0 Å². The Morgan fingerprint density at radius 1 is 0.782 bits per heavy atom. The number of pyridine rings is 1. The SMILES string of the molecule is CC[NH+]1CCC(N2CCC(F)CC2)CC1.COc1ncc(-c2nc(N3CCOCC3)nc3c(CN4CCC(N5CCC(F)CC5)CC4)c(C)sc23)cc1NS(C)(=O)=O.FB(F)CCl.FC1CCN(C2CCCCC2)CC1.[F-].[K+]. The summed E-state index contributed by atoms with van der Waals surface area (Å²) in [5.41, 5.74) is 3.78. The molecule has 7 fully saturated rings. The van der Waals surface area contributed by atoms with Crippen molar-refractivity contribution >= 4 is 62.1 Å². The van der Waals surface area contributed by atoms with E-state index in [0.717, 1.165) is 126 Å². The van der Waals surface area contributed by atoms with Crippen molar-refractivity contribution in [1.82, 2.24) is 34.6 Å². The largest absolute Gasteiger partial charge is 1.00 e. The van der Waals surface area contributed by atoms with Crippen LogP contribution in [0.15, 0.2) is 12.3 Å². The zero-order valence-corrected chi connectivity index (χ0v) is 52.5. The Hall–Kier alpha value is -1.13. The van der Waals surface area contributed by atoms with Crippen LogP contribution in [-0.4, -0.2) is 204 Å². The number of fused-ring (bicyclic) bond motifs is 1. The van der Waals surface area contributed by atoms with Crippen LogP contribution in [0.1, 0.15) is 114 Å². The van der Waals surface area contributed by atoms with Crippen LogP contribution in [0, 0.1) is 6.92 Å². The van der Waals surface area contributed by atoms with Crippen LogP contribution in [0.3, 0.4) is 0 Å². The molecule has 0 atom stereocenters. The van der Waals surface area contributed by atoms with Gasteiger partial charge in [0.15, 0.2) is 0 Å². The number of nitrogens with zero attached hydrogens (tertiary/aromatic N) is 8. The number of piperidine rings is 5. The Balaban J connectivity index is 0.000000259. The molecule has 10 rings (SSSR count). The van der Waals surface area contributed by atoms with Crippen molar-refractivity contribution < 1.29 is 101 Å². The maximum absolute atomic E-state index is 13.7. The minimum Gasteiger partial charge on any atom is -1.00 e. The van der Waals surface area contributed by atoms with Crippen molar-refractivity contribution in [2.45, 2.75) is 153 Å². The van der Waals surface area contributed by atoms with Crippen molar-refractivity contribution in [3.63, 3.8) is 0 Å². The fourth-order valence-corrected chi connectivity index (χ4v) is 13.6. The Kier molecular flexibility index (Phi) is 29.5. The van der Waals surface area contributed by atoms with Crippen LogP contribution in [0.4, 0.5) is 33.4 Å². The van der Waals surface area contributed by atoms with E-state index in [9.17, 15) is 30.2 Å². The normalized spacial score (nSPS) is 23.3. The zero-order valence-electron chi connectivity index (χ0n) is 47.0. The molecule has 14 nitrogen and oxygen atoms in total. The Morgan fingerprint density at radius 2 is 1.28 bits per heavy atom. The molecule has 9 heterocycles.